The van der Waals surface area contributed by atoms with Crippen molar-refractivity contribution in [3.8, 4) is 0 Å². The lowest BCUT2D eigenvalue weighted by Crippen LogP contribution is -2.38. The summed E-state index contributed by atoms with van der Waals surface area (Å²) in [5.74, 6) is -0.360. The first-order valence-corrected chi connectivity index (χ1v) is 7.18. The van der Waals surface area contributed by atoms with Crippen LogP contribution in [0.4, 0.5) is 0 Å². The molecule has 1 N–H and O–H groups in total. The van der Waals surface area contributed by atoms with Crippen LogP contribution in [0.1, 0.15) is 34.3 Å². The Hall–Kier alpha value is -1.62. The van der Waals surface area contributed by atoms with Gasteiger partial charge in [0.1, 0.15) is 0 Å². The highest BCUT2D eigenvalue weighted by atomic mass is 32.1. The minimum atomic E-state index is -0.980. The van der Waals surface area contributed by atoms with E-state index in [0.717, 1.165) is 30.5 Å². The van der Waals surface area contributed by atoms with E-state index in [1.54, 1.807) is 12.1 Å². The van der Waals surface area contributed by atoms with E-state index in [-0.39, 0.29) is 5.91 Å². The van der Waals surface area contributed by atoms with Crippen LogP contribution in [0.3, 0.4) is 0 Å². The summed E-state index contributed by atoms with van der Waals surface area (Å²) in [5, 5.41) is 8.57. The molecular weight excluding hydrogens is 262 g/mol. The minimum Gasteiger partial charge on any atom is -0.478 e. The molecule has 1 aliphatic heterocycles. The largest absolute Gasteiger partial charge is 0.478 e. The fraction of sp³-hybridized carbons (Fsp3) is 0.429. The lowest BCUT2D eigenvalue weighted by molar-refractivity contribution is -0.131. The van der Waals surface area contributed by atoms with E-state index in [0.29, 0.717) is 10.8 Å². The molecule has 1 aromatic heterocycles. The number of hydrogen-bond acceptors (Lipinski definition) is 3. The number of thiophene rings is 1. The highest BCUT2D eigenvalue weighted by Crippen LogP contribution is 2.23. The standard InChI is InChI=1S/C14H17NO3S/c1-10-3-2-8-15(9-10)14(18)12-6-4-11(19-12)5-7-13(16)17/h4-7,10H,2-3,8-9H2,1H3,(H,16,17)/b7-5+. The Labute approximate surface area is 116 Å². The zero-order chi connectivity index (χ0) is 13.8. The molecule has 102 valence electrons. The molecule has 5 heteroatoms. The van der Waals surface area contributed by atoms with Gasteiger partial charge in [0.05, 0.1) is 4.88 Å². The van der Waals surface area contributed by atoms with Gasteiger partial charge in [-0.2, -0.15) is 0 Å². The lowest BCUT2D eigenvalue weighted by atomic mass is 10.0. The maximum Gasteiger partial charge on any atom is 0.328 e. The quantitative estimate of drug-likeness (QED) is 0.865. The molecule has 1 saturated heterocycles. The number of carboxylic acid groups (broad SMARTS) is 1. The fourth-order valence-electron chi connectivity index (χ4n) is 2.24. The van der Waals surface area contributed by atoms with Gasteiger partial charge in [0.25, 0.3) is 5.91 Å². The zero-order valence-electron chi connectivity index (χ0n) is 10.8. The number of aliphatic carboxylic acids is 1. The molecule has 4 nitrogen and oxygen atoms in total. The van der Waals surface area contributed by atoms with Gasteiger partial charge in [-0.05, 0) is 37.0 Å². The zero-order valence-corrected chi connectivity index (χ0v) is 11.7. The fourth-order valence-corrected chi connectivity index (χ4v) is 3.12. The summed E-state index contributed by atoms with van der Waals surface area (Å²) in [6.07, 6.45) is 4.84. The third-order valence-corrected chi connectivity index (χ3v) is 4.21. The predicted octanol–water partition coefficient (Wildman–Crippen LogP) is 2.72. The van der Waals surface area contributed by atoms with Crippen LogP contribution < -0.4 is 0 Å². The van der Waals surface area contributed by atoms with Gasteiger partial charge in [0, 0.05) is 24.0 Å². The Balaban J connectivity index is 2.05. The Bertz CT molecular complexity index is 507. The average molecular weight is 279 g/mol. The average Bonchev–Trinajstić information content (AvgIpc) is 2.84. The van der Waals surface area contributed by atoms with Gasteiger partial charge in [-0.15, -0.1) is 11.3 Å². The second kappa shape index (κ2) is 6.02. The summed E-state index contributed by atoms with van der Waals surface area (Å²) in [6, 6.07) is 3.55. The van der Waals surface area contributed by atoms with Gasteiger partial charge in [-0.25, -0.2) is 4.79 Å². The van der Waals surface area contributed by atoms with E-state index in [2.05, 4.69) is 6.92 Å². The number of nitrogens with zero attached hydrogens (tertiary/aromatic N) is 1. The molecule has 1 atom stereocenters. The van der Waals surface area contributed by atoms with Gasteiger partial charge in [-0.1, -0.05) is 6.92 Å². The van der Waals surface area contributed by atoms with Crippen LogP contribution in [0.2, 0.25) is 0 Å². The molecule has 0 aliphatic carbocycles. The Morgan fingerprint density at radius 1 is 1.47 bits per heavy atom. The molecule has 1 aromatic rings. The van der Waals surface area contributed by atoms with Crippen LogP contribution in [0.25, 0.3) is 6.08 Å². The molecule has 0 saturated carbocycles. The Morgan fingerprint density at radius 3 is 2.95 bits per heavy atom. The van der Waals surface area contributed by atoms with Crippen molar-refractivity contribution < 1.29 is 14.7 Å². The summed E-state index contributed by atoms with van der Waals surface area (Å²) in [6.45, 7) is 3.80. The topological polar surface area (TPSA) is 57.6 Å². The summed E-state index contributed by atoms with van der Waals surface area (Å²) in [4.78, 5) is 26.1. The first-order chi connectivity index (χ1) is 9.06. The number of amides is 1. The van der Waals surface area contributed by atoms with Gasteiger partial charge in [0.15, 0.2) is 0 Å². The van der Waals surface area contributed by atoms with Crippen molar-refractivity contribution in [2.75, 3.05) is 13.1 Å². The van der Waals surface area contributed by atoms with Crippen LogP contribution in [-0.4, -0.2) is 35.0 Å². The number of carbonyl (C=O) groups is 2. The highest BCUT2D eigenvalue weighted by molar-refractivity contribution is 7.14. The van der Waals surface area contributed by atoms with Crippen LogP contribution in [0.5, 0.6) is 0 Å². The Morgan fingerprint density at radius 2 is 2.26 bits per heavy atom. The summed E-state index contributed by atoms with van der Waals surface area (Å²) < 4.78 is 0. The molecule has 0 spiro atoms. The molecule has 2 heterocycles. The third kappa shape index (κ3) is 3.67. The molecule has 1 fully saturated rings. The maximum atomic E-state index is 12.3. The molecular formula is C14H17NO3S. The van der Waals surface area contributed by atoms with Crippen LogP contribution in [0.15, 0.2) is 18.2 Å². The maximum absolute atomic E-state index is 12.3. The van der Waals surface area contributed by atoms with Crippen LogP contribution in [-0.2, 0) is 4.79 Å². The first kappa shape index (κ1) is 13.8. The lowest BCUT2D eigenvalue weighted by Gasteiger charge is -2.30. The van der Waals surface area contributed by atoms with Gasteiger partial charge in [0.2, 0.25) is 0 Å². The predicted molar refractivity (Wildman–Crippen MR) is 75.3 cm³/mol. The summed E-state index contributed by atoms with van der Waals surface area (Å²) in [7, 11) is 0. The molecule has 2 rings (SSSR count). The first-order valence-electron chi connectivity index (χ1n) is 6.36. The number of carbonyl (C=O) groups excluding carboxylic acids is 1. The van der Waals surface area contributed by atoms with E-state index in [4.69, 9.17) is 5.11 Å². The second-order valence-electron chi connectivity index (χ2n) is 4.87. The van der Waals surface area contributed by atoms with Crippen LogP contribution in [0, 0.1) is 5.92 Å². The third-order valence-electron chi connectivity index (χ3n) is 3.17. The normalized spacial score (nSPS) is 19.8. The molecule has 0 radical (unpaired) electrons. The highest BCUT2D eigenvalue weighted by Gasteiger charge is 2.22. The van der Waals surface area contributed by atoms with E-state index in [9.17, 15) is 9.59 Å². The van der Waals surface area contributed by atoms with Crippen molar-refractivity contribution in [3.05, 3.63) is 28.0 Å². The van der Waals surface area contributed by atoms with Crippen molar-refractivity contribution in [1.82, 2.24) is 4.90 Å². The van der Waals surface area contributed by atoms with E-state index < -0.39 is 5.97 Å². The van der Waals surface area contributed by atoms with Gasteiger partial charge in [-0.3, -0.25) is 4.79 Å². The van der Waals surface area contributed by atoms with Crippen molar-refractivity contribution in [3.63, 3.8) is 0 Å². The summed E-state index contributed by atoms with van der Waals surface area (Å²) >= 11 is 1.34. The van der Waals surface area contributed by atoms with E-state index in [1.165, 1.54) is 23.8 Å². The molecule has 0 bridgehead atoms. The number of likely N-dealkylation sites (tertiary alicyclic amines) is 1. The molecule has 1 unspecified atom stereocenters. The number of carboxylic acids is 1. The van der Waals surface area contributed by atoms with Gasteiger partial charge < -0.3 is 10.0 Å². The molecule has 0 aromatic carbocycles. The molecule has 1 aliphatic rings. The van der Waals surface area contributed by atoms with E-state index in [1.807, 2.05) is 4.90 Å². The SMILES string of the molecule is CC1CCCN(C(=O)c2ccc(/C=C/C(=O)O)s2)C1. The molecule has 19 heavy (non-hydrogen) atoms. The number of piperidine rings is 1. The summed E-state index contributed by atoms with van der Waals surface area (Å²) in [5.41, 5.74) is 0. The molecule has 1 amide bonds. The van der Waals surface area contributed by atoms with Crippen molar-refractivity contribution in [2.24, 2.45) is 5.92 Å². The second-order valence-corrected chi connectivity index (χ2v) is 5.99. The van der Waals surface area contributed by atoms with Crippen LogP contribution >= 0.6 is 11.3 Å². The van der Waals surface area contributed by atoms with Crippen molar-refractivity contribution in [2.45, 2.75) is 19.8 Å². The van der Waals surface area contributed by atoms with Crippen molar-refractivity contribution >= 4 is 29.3 Å². The monoisotopic (exact) mass is 279 g/mol. The minimum absolute atomic E-state index is 0.0616. The smallest absolute Gasteiger partial charge is 0.328 e. The number of rotatable bonds is 3. The Kier molecular flexibility index (Phi) is 4.37. The van der Waals surface area contributed by atoms with Crippen molar-refractivity contribution in [1.29, 1.82) is 0 Å². The van der Waals surface area contributed by atoms with E-state index >= 15 is 0 Å². The number of hydrogen-bond donors (Lipinski definition) is 1. The van der Waals surface area contributed by atoms with Gasteiger partial charge >= 0.3 is 5.97 Å².